The van der Waals surface area contributed by atoms with E-state index in [9.17, 15) is 9.18 Å². The molecular formula is C20H25FN2O. The molecule has 2 aromatic carbocycles. The normalized spacial score (nSPS) is 10.6. The van der Waals surface area contributed by atoms with Crippen LogP contribution in [0.5, 0.6) is 0 Å². The minimum Gasteiger partial charge on any atom is -0.339 e. The zero-order valence-electron chi connectivity index (χ0n) is 14.2. The van der Waals surface area contributed by atoms with Crippen molar-refractivity contribution in [1.82, 2.24) is 10.2 Å². The van der Waals surface area contributed by atoms with Crippen LogP contribution >= 0.6 is 0 Å². The van der Waals surface area contributed by atoms with Crippen LogP contribution in [-0.4, -0.2) is 30.4 Å². The third-order valence-corrected chi connectivity index (χ3v) is 4.00. The van der Waals surface area contributed by atoms with E-state index < -0.39 is 0 Å². The lowest BCUT2D eigenvalue weighted by molar-refractivity contribution is -0.131. The molecule has 0 unspecified atom stereocenters. The van der Waals surface area contributed by atoms with E-state index in [2.05, 4.69) is 5.32 Å². The average Bonchev–Trinajstić information content (AvgIpc) is 2.61. The highest BCUT2D eigenvalue weighted by molar-refractivity contribution is 5.76. The fraction of sp³-hybridized carbons (Fsp3) is 0.350. The first-order valence-electron chi connectivity index (χ1n) is 8.46. The van der Waals surface area contributed by atoms with Crippen molar-refractivity contribution in [2.75, 3.05) is 19.6 Å². The number of hydrogen-bond acceptors (Lipinski definition) is 2. The zero-order chi connectivity index (χ0) is 17.2. The number of carbonyl (C=O) groups excluding carboxylic acids is 1. The Labute approximate surface area is 143 Å². The van der Waals surface area contributed by atoms with Gasteiger partial charge in [0.15, 0.2) is 0 Å². The average molecular weight is 328 g/mol. The van der Waals surface area contributed by atoms with Crippen LogP contribution in [0.1, 0.15) is 24.5 Å². The van der Waals surface area contributed by atoms with Gasteiger partial charge in [-0.3, -0.25) is 4.79 Å². The van der Waals surface area contributed by atoms with Crippen molar-refractivity contribution >= 4 is 5.91 Å². The van der Waals surface area contributed by atoms with Crippen LogP contribution in [0, 0.1) is 5.82 Å². The van der Waals surface area contributed by atoms with Gasteiger partial charge >= 0.3 is 0 Å². The molecule has 3 nitrogen and oxygen atoms in total. The summed E-state index contributed by atoms with van der Waals surface area (Å²) < 4.78 is 13.5. The van der Waals surface area contributed by atoms with Crippen molar-refractivity contribution in [2.45, 2.75) is 26.3 Å². The summed E-state index contributed by atoms with van der Waals surface area (Å²) in [7, 11) is 0. The lowest BCUT2D eigenvalue weighted by Crippen LogP contribution is -2.33. The summed E-state index contributed by atoms with van der Waals surface area (Å²) in [5, 5.41) is 3.22. The van der Waals surface area contributed by atoms with E-state index in [0.717, 1.165) is 5.56 Å². The molecule has 0 aliphatic carbocycles. The number of rotatable bonds is 9. The molecule has 2 rings (SSSR count). The van der Waals surface area contributed by atoms with Crippen LogP contribution in [0.2, 0.25) is 0 Å². The van der Waals surface area contributed by atoms with Crippen molar-refractivity contribution in [2.24, 2.45) is 0 Å². The summed E-state index contributed by atoms with van der Waals surface area (Å²) in [5.41, 5.74) is 1.84. The Bertz CT molecular complexity index is 631. The number of halogens is 1. The van der Waals surface area contributed by atoms with Crippen molar-refractivity contribution in [3.8, 4) is 0 Å². The summed E-state index contributed by atoms with van der Waals surface area (Å²) in [4.78, 5) is 14.1. The molecular weight excluding hydrogens is 303 g/mol. The van der Waals surface area contributed by atoms with Gasteiger partial charge in [-0.2, -0.15) is 0 Å². The molecule has 0 saturated carbocycles. The summed E-state index contributed by atoms with van der Waals surface area (Å²) >= 11 is 0. The molecule has 0 aliphatic heterocycles. The molecule has 0 heterocycles. The van der Waals surface area contributed by atoms with Crippen molar-refractivity contribution in [3.05, 3.63) is 71.5 Å². The first kappa shape index (κ1) is 18.1. The number of carbonyl (C=O) groups is 1. The summed E-state index contributed by atoms with van der Waals surface area (Å²) in [6, 6.07) is 16.8. The molecule has 0 fully saturated rings. The highest BCUT2D eigenvalue weighted by Crippen LogP contribution is 2.07. The van der Waals surface area contributed by atoms with Crippen LogP contribution in [0.25, 0.3) is 0 Å². The molecule has 0 aliphatic rings. The Kier molecular flexibility index (Phi) is 7.43. The minimum absolute atomic E-state index is 0.139. The number of nitrogens with zero attached hydrogens (tertiary/aromatic N) is 1. The quantitative estimate of drug-likeness (QED) is 0.716. The van der Waals surface area contributed by atoms with Crippen LogP contribution in [0.4, 0.5) is 4.39 Å². The lowest BCUT2D eigenvalue weighted by Gasteiger charge is -2.21. The zero-order valence-corrected chi connectivity index (χ0v) is 14.2. The molecule has 128 valence electrons. The summed E-state index contributed by atoms with van der Waals surface area (Å²) in [6.07, 6.45) is 1.08. The van der Waals surface area contributed by atoms with Gasteiger partial charge in [-0.25, -0.2) is 4.39 Å². The van der Waals surface area contributed by atoms with Gasteiger partial charge < -0.3 is 10.2 Å². The second-order valence-electron chi connectivity index (χ2n) is 5.73. The Morgan fingerprint density at radius 1 is 1.04 bits per heavy atom. The molecule has 1 amide bonds. The smallest absolute Gasteiger partial charge is 0.224 e. The second kappa shape index (κ2) is 9.83. The van der Waals surface area contributed by atoms with Gasteiger partial charge in [-0.1, -0.05) is 48.5 Å². The first-order chi connectivity index (χ1) is 11.7. The van der Waals surface area contributed by atoms with Crippen molar-refractivity contribution in [1.29, 1.82) is 0 Å². The highest BCUT2D eigenvalue weighted by Gasteiger charge is 2.11. The van der Waals surface area contributed by atoms with Crippen LogP contribution < -0.4 is 5.32 Å². The fourth-order valence-electron chi connectivity index (χ4n) is 2.58. The van der Waals surface area contributed by atoms with Crippen LogP contribution in [0.3, 0.4) is 0 Å². The van der Waals surface area contributed by atoms with E-state index >= 15 is 0 Å². The Morgan fingerprint density at radius 2 is 1.75 bits per heavy atom. The van der Waals surface area contributed by atoms with Crippen LogP contribution in [0.15, 0.2) is 54.6 Å². The molecule has 0 radical (unpaired) electrons. The van der Waals surface area contributed by atoms with Crippen LogP contribution in [-0.2, 0) is 17.8 Å². The molecule has 0 atom stereocenters. The van der Waals surface area contributed by atoms with Gasteiger partial charge in [0.2, 0.25) is 5.91 Å². The Morgan fingerprint density at radius 3 is 2.46 bits per heavy atom. The highest BCUT2D eigenvalue weighted by atomic mass is 19.1. The Balaban J connectivity index is 1.69. The second-order valence-corrected chi connectivity index (χ2v) is 5.73. The van der Waals surface area contributed by atoms with Crippen molar-refractivity contribution < 1.29 is 9.18 Å². The van der Waals surface area contributed by atoms with Gasteiger partial charge in [-0.15, -0.1) is 0 Å². The monoisotopic (exact) mass is 328 g/mol. The van der Waals surface area contributed by atoms with Gasteiger partial charge in [0.25, 0.3) is 0 Å². The van der Waals surface area contributed by atoms with E-state index in [4.69, 9.17) is 0 Å². The standard InChI is InChI=1S/C20H25FN2O/c1-2-23(16-17-8-4-3-5-9-17)20(24)13-15-22-14-12-18-10-6-7-11-19(18)21/h3-11,22H,2,12-16H2,1H3. The van der Waals surface area contributed by atoms with E-state index in [1.54, 1.807) is 12.1 Å². The van der Waals surface area contributed by atoms with E-state index in [0.29, 0.717) is 44.6 Å². The lowest BCUT2D eigenvalue weighted by atomic mass is 10.1. The molecule has 2 aromatic rings. The van der Waals surface area contributed by atoms with Gasteiger partial charge in [0, 0.05) is 26.1 Å². The number of benzene rings is 2. The molecule has 0 bridgehead atoms. The number of nitrogens with one attached hydrogen (secondary N) is 1. The number of hydrogen-bond donors (Lipinski definition) is 1. The fourth-order valence-corrected chi connectivity index (χ4v) is 2.58. The third kappa shape index (κ3) is 5.78. The minimum atomic E-state index is -0.171. The first-order valence-corrected chi connectivity index (χ1v) is 8.46. The van der Waals surface area contributed by atoms with Crippen molar-refractivity contribution in [3.63, 3.8) is 0 Å². The molecule has 0 saturated heterocycles. The summed E-state index contributed by atoms with van der Waals surface area (Å²) in [5.74, 6) is -0.0323. The number of amides is 1. The van der Waals surface area contributed by atoms with Gasteiger partial charge in [0.05, 0.1) is 0 Å². The maximum absolute atomic E-state index is 13.5. The van der Waals surface area contributed by atoms with E-state index in [1.807, 2.05) is 48.2 Å². The van der Waals surface area contributed by atoms with E-state index in [1.165, 1.54) is 6.07 Å². The van der Waals surface area contributed by atoms with Gasteiger partial charge in [-0.05, 0) is 37.1 Å². The predicted octanol–water partition coefficient (Wildman–Crippen LogP) is 3.40. The predicted molar refractivity (Wildman–Crippen MR) is 95.1 cm³/mol. The SMILES string of the molecule is CCN(Cc1ccccc1)C(=O)CCNCCc1ccccc1F. The Hall–Kier alpha value is -2.20. The van der Waals surface area contributed by atoms with E-state index in [-0.39, 0.29) is 11.7 Å². The largest absolute Gasteiger partial charge is 0.339 e. The third-order valence-electron chi connectivity index (χ3n) is 4.00. The molecule has 4 heteroatoms. The topological polar surface area (TPSA) is 32.3 Å². The molecule has 0 spiro atoms. The van der Waals surface area contributed by atoms with Gasteiger partial charge in [0.1, 0.15) is 5.82 Å². The molecule has 0 aromatic heterocycles. The summed E-state index contributed by atoms with van der Waals surface area (Å²) in [6.45, 7) is 4.61. The maximum atomic E-state index is 13.5. The maximum Gasteiger partial charge on any atom is 0.224 e. The molecule has 1 N–H and O–H groups in total. The molecule has 24 heavy (non-hydrogen) atoms.